The third-order valence-electron chi connectivity index (χ3n) is 0.776. The lowest BCUT2D eigenvalue weighted by Crippen LogP contribution is -1.97. The second kappa shape index (κ2) is 6.05. The van der Waals surface area contributed by atoms with Gasteiger partial charge in [-0.2, -0.15) is 0 Å². The van der Waals surface area contributed by atoms with Gasteiger partial charge in [0.2, 0.25) is 0 Å². The van der Waals surface area contributed by atoms with Crippen LogP contribution in [0.4, 0.5) is 0 Å². The fourth-order valence-corrected chi connectivity index (χ4v) is 0.539. The SMILES string of the molecule is NCCCCC=S. The number of unbranched alkanes of at least 4 members (excludes halogenated alkanes) is 2. The molecule has 0 heterocycles. The van der Waals surface area contributed by atoms with Crippen molar-refractivity contribution in [1.29, 1.82) is 0 Å². The van der Waals surface area contributed by atoms with Gasteiger partial charge in [-0.1, -0.05) is 12.2 Å². The van der Waals surface area contributed by atoms with E-state index in [1.165, 1.54) is 0 Å². The summed E-state index contributed by atoms with van der Waals surface area (Å²) >= 11 is 4.60. The molecular formula is C5H11NS. The zero-order chi connectivity index (χ0) is 5.54. The molecule has 0 spiro atoms. The van der Waals surface area contributed by atoms with Crippen molar-refractivity contribution in [1.82, 2.24) is 0 Å². The Balaban J connectivity index is 2.56. The summed E-state index contributed by atoms with van der Waals surface area (Å²) in [6.45, 7) is 0.795. The van der Waals surface area contributed by atoms with Crippen LogP contribution in [0.1, 0.15) is 19.3 Å². The first-order chi connectivity index (χ1) is 3.41. The van der Waals surface area contributed by atoms with Crippen LogP contribution in [0.15, 0.2) is 0 Å². The highest BCUT2D eigenvalue weighted by molar-refractivity contribution is 7.78. The summed E-state index contributed by atoms with van der Waals surface area (Å²) in [7, 11) is 0. The minimum absolute atomic E-state index is 0.795. The molecule has 2 heteroatoms. The molecule has 0 saturated carbocycles. The molecule has 0 aromatic rings. The van der Waals surface area contributed by atoms with Gasteiger partial charge in [0, 0.05) is 0 Å². The fourth-order valence-electron chi connectivity index (χ4n) is 0.372. The van der Waals surface area contributed by atoms with Crippen molar-refractivity contribution in [2.75, 3.05) is 6.54 Å². The number of hydrogen-bond acceptors (Lipinski definition) is 2. The quantitative estimate of drug-likeness (QED) is 0.441. The minimum Gasteiger partial charge on any atom is -0.330 e. The first kappa shape index (κ1) is 7.05. The molecule has 0 unspecified atom stereocenters. The van der Waals surface area contributed by atoms with E-state index < -0.39 is 0 Å². The van der Waals surface area contributed by atoms with E-state index in [1.54, 1.807) is 5.37 Å². The highest BCUT2D eigenvalue weighted by atomic mass is 32.1. The van der Waals surface area contributed by atoms with Gasteiger partial charge in [0.05, 0.1) is 0 Å². The maximum Gasteiger partial charge on any atom is -0.00772 e. The lowest BCUT2D eigenvalue weighted by molar-refractivity contribution is 0.780. The lowest BCUT2D eigenvalue weighted by Gasteiger charge is -1.87. The van der Waals surface area contributed by atoms with Crippen LogP contribution in [0.25, 0.3) is 0 Å². The van der Waals surface area contributed by atoms with E-state index in [0.29, 0.717) is 0 Å². The van der Waals surface area contributed by atoms with E-state index in [1.807, 2.05) is 0 Å². The van der Waals surface area contributed by atoms with Crippen molar-refractivity contribution in [3.05, 3.63) is 0 Å². The van der Waals surface area contributed by atoms with Crippen LogP contribution in [0.5, 0.6) is 0 Å². The van der Waals surface area contributed by atoms with E-state index in [2.05, 4.69) is 12.2 Å². The van der Waals surface area contributed by atoms with Gasteiger partial charge in [-0.15, -0.1) is 0 Å². The van der Waals surface area contributed by atoms with Crippen molar-refractivity contribution >= 4 is 17.6 Å². The van der Waals surface area contributed by atoms with Crippen LogP contribution in [-0.2, 0) is 0 Å². The number of rotatable bonds is 4. The molecule has 0 aromatic carbocycles. The van der Waals surface area contributed by atoms with Crippen molar-refractivity contribution in [3.63, 3.8) is 0 Å². The van der Waals surface area contributed by atoms with Gasteiger partial charge >= 0.3 is 0 Å². The molecule has 0 radical (unpaired) electrons. The molecule has 0 fully saturated rings. The number of hydrogen-bond donors (Lipinski definition) is 1. The molecular weight excluding hydrogens is 106 g/mol. The molecule has 2 N–H and O–H groups in total. The molecule has 0 saturated heterocycles. The summed E-state index contributed by atoms with van der Waals surface area (Å²) in [5.41, 5.74) is 5.22. The van der Waals surface area contributed by atoms with Crippen LogP contribution in [0.3, 0.4) is 0 Å². The summed E-state index contributed by atoms with van der Waals surface area (Å²) in [5, 5.41) is 1.76. The Kier molecular flexibility index (Phi) is 6.09. The fraction of sp³-hybridized carbons (Fsp3) is 0.800. The molecule has 0 aliphatic heterocycles. The first-order valence-electron chi connectivity index (χ1n) is 2.55. The Hall–Kier alpha value is 0.0500. The summed E-state index contributed by atoms with van der Waals surface area (Å²) in [6, 6.07) is 0. The Bertz CT molecular complexity index is 45.3. The van der Waals surface area contributed by atoms with Gasteiger partial charge in [-0.05, 0) is 31.2 Å². The monoisotopic (exact) mass is 117 g/mol. The molecule has 0 rings (SSSR count). The zero-order valence-electron chi connectivity index (χ0n) is 4.39. The van der Waals surface area contributed by atoms with Gasteiger partial charge in [-0.25, -0.2) is 0 Å². The smallest absolute Gasteiger partial charge is 0.00772 e. The molecule has 0 amide bonds. The average molecular weight is 117 g/mol. The average Bonchev–Trinajstić information content (AvgIpc) is 1.69. The standard InChI is InChI=1S/C5H11NS/c6-4-2-1-3-5-7/h5H,1-4,6H2. The van der Waals surface area contributed by atoms with Crippen molar-refractivity contribution in [2.24, 2.45) is 5.73 Å². The van der Waals surface area contributed by atoms with Crippen molar-refractivity contribution in [2.45, 2.75) is 19.3 Å². The third kappa shape index (κ3) is 6.05. The highest BCUT2D eigenvalue weighted by Gasteiger charge is 1.78. The molecule has 0 aliphatic carbocycles. The predicted molar refractivity (Wildman–Crippen MR) is 36.6 cm³/mol. The normalized spacial score (nSPS) is 8.71. The van der Waals surface area contributed by atoms with Crippen molar-refractivity contribution in [3.8, 4) is 0 Å². The second-order valence-corrected chi connectivity index (χ2v) is 1.78. The summed E-state index contributed by atoms with van der Waals surface area (Å²) in [5.74, 6) is 0. The van der Waals surface area contributed by atoms with E-state index in [0.717, 1.165) is 25.8 Å². The first-order valence-corrected chi connectivity index (χ1v) is 3.02. The number of thiocarbonyl (C=S) groups is 1. The van der Waals surface area contributed by atoms with Crippen LogP contribution in [0, 0.1) is 0 Å². The van der Waals surface area contributed by atoms with E-state index in [-0.39, 0.29) is 0 Å². The Labute approximate surface area is 49.9 Å². The van der Waals surface area contributed by atoms with E-state index >= 15 is 0 Å². The third-order valence-corrected chi connectivity index (χ3v) is 1.01. The molecule has 1 nitrogen and oxygen atoms in total. The van der Waals surface area contributed by atoms with Crippen LogP contribution in [0.2, 0.25) is 0 Å². The van der Waals surface area contributed by atoms with Gasteiger partial charge in [0.25, 0.3) is 0 Å². The van der Waals surface area contributed by atoms with E-state index in [4.69, 9.17) is 5.73 Å². The maximum atomic E-state index is 5.22. The Morgan fingerprint density at radius 1 is 1.43 bits per heavy atom. The number of nitrogens with two attached hydrogens (primary N) is 1. The molecule has 0 aliphatic rings. The molecule has 42 valence electrons. The van der Waals surface area contributed by atoms with Crippen molar-refractivity contribution < 1.29 is 0 Å². The van der Waals surface area contributed by atoms with E-state index in [9.17, 15) is 0 Å². The lowest BCUT2D eigenvalue weighted by atomic mass is 10.3. The highest BCUT2D eigenvalue weighted by Crippen LogP contribution is 1.88. The molecule has 0 bridgehead atoms. The predicted octanol–water partition coefficient (Wildman–Crippen LogP) is 1.12. The van der Waals surface area contributed by atoms with Gasteiger partial charge < -0.3 is 5.73 Å². The molecule has 0 aromatic heterocycles. The maximum absolute atomic E-state index is 5.22. The summed E-state index contributed by atoms with van der Waals surface area (Å²) < 4.78 is 0. The Morgan fingerprint density at radius 3 is 2.57 bits per heavy atom. The summed E-state index contributed by atoms with van der Waals surface area (Å²) in [6.07, 6.45) is 3.29. The van der Waals surface area contributed by atoms with Gasteiger partial charge in [0.15, 0.2) is 0 Å². The van der Waals surface area contributed by atoms with Crippen LogP contribution < -0.4 is 5.73 Å². The summed E-state index contributed by atoms with van der Waals surface area (Å²) in [4.78, 5) is 0. The Morgan fingerprint density at radius 2 is 2.14 bits per heavy atom. The molecule has 0 atom stereocenters. The van der Waals surface area contributed by atoms with Crippen LogP contribution in [-0.4, -0.2) is 11.9 Å². The zero-order valence-corrected chi connectivity index (χ0v) is 5.21. The van der Waals surface area contributed by atoms with Gasteiger partial charge in [0.1, 0.15) is 0 Å². The van der Waals surface area contributed by atoms with Crippen LogP contribution >= 0.6 is 12.2 Å². The van der Waals surface area contributed by atoms with Gasteiger partial charge in [-0.3, -0.25) is 0 Å². The topological polar surface area (TPSA) is 26.0 Å². The second-order valence-electron chi connectivity index (χ2n) is 1.45. The minimum atomic E-state index is 0.795. The molecule has 7 heavy (non-hydrogen) atoms. The largest absolute Gasteiger partial charge is 0.330 e.